The van der Waals surface area contributed by atoms with Gasteiger partial charge >= 0.3 is 0 Å². The Balaban J connectivity index is 1.65. The predicted octanol–water partition coefficient (Wildman–Crippen LogP) is 1.42. The summed E-state index contributed by atoms with van der Waals surface area (Å²) in [7, 11) is 3.22. The summed E-state index contributed by atoms with van der Waals surface area (Å²) < 4.78 is 10.1. The minimum absolute atomic E-state index is 0.0185. The van der Waals surface area contributed by atoms with Gasteiger partial charge in [0, 0.05) is 44.8 Å². The molecule has 0 aromatic carbocycles. The van der Waals surface area contributed by atoms with E-state index in [-0.39, 0.29) is 11.8 Å². The number of H-pyrrole nitrogens is 1. The molecule has 1 atom stereocenters. The first kappa shape index (κ1) is 17.3. The maximum absolute atomic E-state index is 12.7. The molecule has 8 heteroatoms. The number of amides is 1. The van der Waals surface area contributed by atoms with Crippen LogP contribution in [-0.4, -0.2) is 64.9 Å². The van der Waals surface area contributed by atoms with E-state index in [1.54, 1.807) is 32.5 Å². The maximum Gasteiger partial charge on any atom is 0.255 e. The highest BCUT2D eigenvalue weighted by Gasteiger charge is 2.28. The number of nitrogens with one attached hydrogen (secondary N) is 1. The van der Waals surface area contributed by atoms with Crippen LogP contribution in [0.2, 0.25) is 0 Å². The van der Waals surface area contributed by atoms with E-state index in [2.05, 4.69) is 20.2 Å². The first-order chi connectivity index (χ1) is 12.2. The summed E-state index contributed by atoms with van der Waals surface area (Å²) in [6, 6.07) is 3.44. The molecule has 0 aliphatic carbocycles. The monoisotopic (exact) mass is 345 g/mol. The lowest BCUT2D eigenvalue weighted by atomic mass is 9.97. The molecule has 1 aliphatic heterocycles. The molecule has 1 amide bonds. The number of pyridine rings is 1. The molecule has 0 saturated carbocycles. The van der Waals surface area contributed by atoms with E-state index in [9.17, 15) is 4.79 Å². The normalized spacial score (nSPS) is 17.5. The summed E-state index contributed by atoms with van der Waals surface area (Å²) in [5.41, 5.74) is 0.567. The number of hydrogen-bond acceptors (Lipinski definition) is 6. The molecule has 1 aliphatic rings. The molecule has 3 heterocycles. The third-order valence-corrected chi connectivity index (χ3v) is 4.36. The van der Waals surface area contributed by atoms with Crippen LogP contribution < -0.4 is 4.74 Å². The molecule has 25 heavy (non-hydrogen) atoms. The average molecular weight is 345 g/mol. The first-order valence-electron chi connectivity index (χ1n) is 8.40. The molecule has 3 rings (SSSR count). The quantitative estimate of drug-likeness (QED) is 0.851. The molecule has 134 valence electrons. The second kappa shape index (κ2) is 8.06. The van der Waals surface area contributed by atoms with Crippen molar-refractivity contribution < 1.29 is 14.3 Å². The van der Waals surface area contributed by atoms with E-state index in [1.807, 2.05) is 4.90 Å². The van der Waals surface area contributed by atoms with Crippen molar-refractivity contribution in [1.29, 1.82) is 0 Å². The molecule has 0 bridgehead atoms. The SMILES string of the molecule is COCCc1nc([C@H]2CCCN(C(=O)c3ccc(OC)nc3)C2)n[nH]1. The van der Waals surface area contributed by atoms with Crippen molar-refractivity contribution in [2.24, 2.45) is 0 Å². The van der Waals surface area contributed by atoms with Crippen molar-refractivity contribution in [2.75, 3.05) is 33.9 Å². The minimum Gasteiger partial charge on any atom is -0.481 e. The number of rotatable bonds is 6. The van der Waals surface area contributed by atoms with Crippen LogP contribution in [0.5, 0.6) is 5.88 Å². The molecule has 1 saturated heterocycles. The number of piperidine rings is 1. The number of ether oxygens (including phenoxy) is 2. The predicted molar refractivity (Wildman–Crippen MR) is 90.6 cm³/mol. The number of nitrogens with zero attached hydrogens (tertiary/aromatic N) is 4. The fourth-order valence-corrected chi connectivity index (χ4v) is 2.99. The highest BCUT2D eigenvalue weighted by Crippen LogP contribution is 2.25. The molecule has 1 fully saturated rings. The number of methoxy groups -OCH3 is 2. The van der Waals surface area contributed by atoms with Gasteiger partial charge in [-0.1, -0.05) is 0 Å². The zero-order valence-electron chi connectivity index (χ0n) is 14.6. The van der Waals surface area contributed by atoms with Crippen LogP contribution >= 0.6 is 0 Å². The Kier molecular flexibility index (Phi) is 5.60. The average Bonchev–Trinajstić information content (AvgIpc) is 3.15. The van der Waals surface area contributed by atoms with Crippen molar-refractivity contribution in [3.8, 4) is 5.88 Å². The Morgan fingerprint density at radius 1 is 1.40 bits per heavy atom. The second-order valence-electron chi connectivity index (χ2n) is 6.06. The smallest absolute Gasteiger partial charge is 0.255 e. The Morgan fingerprint density at radius 3 is 3.00 bits per heavy atom. The zero-order chi connectivity index (χ0) is 17.6. The van der Waals surface area contributed by atoms with Crippen LogP contribution in [0.3, 0.4) is 0 Å². The van der Waals surface area contributed by atoms with E-state index in [4.69, 9.17) is 9.47 Å². The third kappa shape index (κ3) is 4.14. The summed E-state index contributed by atoms with van der Waals surface area (Å²) in [5, 5.41) is 7.28. The molecule has 2 aromatic heterocycles. The molecule has 1 N–H and O–H groups in total. The lowest BCUT2D eigenvalue weighted by molar-refractivity contribution is 0.0704. The van der Waals surface area contributed by atoms with E-state index in [1.165, 1.54) is 0 Å². The van der Waals surface area contributed by atoms with Crippen LogP contribution in [0.15, 0.2) is 18.3 Å². The Labute approximate surface area is 146 Å². The topological polar surface area (TPSA) is 93.2 Å². The number of likely N-dealkylation sites (tertiary alicyclic amines) is 1. The van der Waals surface area contributed by atoms with Gasteiger partial charge in [0.05, 0.1) is 19.3 Å². The van der Waals surface area contributed by atoms with Gasteiger partial charge in [0.2, 0.25) is 5.88 Å². The molecular weight excluding hydrogens is 322 g/mol. The molecular formula is C17H23N5O3. The molecule has 0 unspecified atom stereocenters. The highest BCUT2D eigenvalue weighted by atomic mass is 16.5. The number of aromatic amines is 1. The Bertz CT molecular complexity index is 701. The number of carbonyl (C=O) groups excluding carboxylic acids is 1. The molecule has 2 aromatic rings. The van der Waals surface area contributed by atoms with Gasteiger partial charge in [0.15, 0.2) is 5.82 Å². The number of carbonyl (C=O) groups is 1. The van der Waals surface area contributed by atoms with Crippen molar-refractivity contribution >= 4 is 5.91 Å². The van der Waals surface area contributed by atoms with E-state index < -0.39 is 0 Å². The van der Waals surface area contributed by atoms with Crippen molar-refractivity contribution in [2.45, 2.75) is 25.2 Å². The van der Waals surface area contributed by atoms with Gasteiger partial charge in [0.25, 0.3) is 5.91 Å². The summed E-state index contributed by atoms with van der Waals surface area (Å²) >= 11 is 0. The van der Waals surface area contributed by atoms with Gasteiger partial charge in [0.1, 0.15) is 5.82 Å². The first-order valence-corrected chi connectivity index (χ1v) is 8.40. The van der Waals surface area contributed by atoms with Crippen LogP contribution in [0.25, 0.3) is 0 Å². The summed E-state index contributed by atoms with van der Waals surface area (Å²) in [4.78, 5) is 23.2. The minimum atomic E-state index is -0.0185. The highest BCUT2D eigenvalue weighted by molar-refractivity contribution is 5.94. The summed E-state index contributed by atoms with van der Waals surface area (Å²) in [6.07, 6.45) is 4.17. The van der Waals surface area contributed by atoms with E-state index in [0.29, 0.717) is 31.0 Å². The van der Waals surface area contributed by atoms with Gasteiger partial charge in [-0.25, -0.2) is 9.97 Å². The van der Waals surface area contributed by atoms with Crippen LogP contribution in [0, 0.1) is 0 Å². The lowest BCUT2D eigenvalue weighted by Gasteiger charge is -2.31. The Hall–Kier alpha value is -2.48. The van der Waals surface area contributed by atoms with Crippen LogP contribution in [-0.2, 0) is 11.2 Å². The number of aromatic nitrogens is 4. The van der Waals surface area contributed by atoms with Crippen molar-refractivity contribution in [3.05, 3.63) is 35.5 Å². The van der Waals surface area contributed by atoms with Gasteiger partial charge in [-0.3, -0.25) is 9.89 Å². The largest absolute Gasteiger partial charge is 0.481 e. The fourth-order valence-electron chi connectivity index (χ4n) is 2.99. The zero-order valence-corrected chi connectivity index (χ0v) is 14.6. The number of hydrogen-bond donors (Lipinski definition) is 1. The van der Waals surface area contributed by atoms with Gasteiger partial charge in [-0.05, 0) is 18.9 Å². The standard InChI is InChI=1S/C17H23N5O3/c1-24-9-7-14-19-16(21-20-14)13-4-3-8-22(11-13)17(23)12-5-6-15(25-2)18-10-12/h5-6,10,13H,3-4,7-9,11H2,1-2H3,(H,19,20,21)/t13-/m0/s1. The fraction of sp³-hybridized carbons (Fsp3) is 0.529. The van der Waals surface area contributed by atoms with Gasteiger partial charge in [-0.15, -0.1) is 0 Å². The summed E-state index contributed by atoms with van der Waals surface area (Å²) in [5.74, 6) is 2.22. The second-order valence-corrected chi connectivity index (χ2v) is 6.06. The Morgan fingerprint density at radius 2 is 2.28 bits per heavy atom. The van der Waals surface area contributed by atoms with Gasteiger partial charge in [-0.2, -0.15) is 5.10 Å². The molecule has 8 nitrogen and oxygen atoms in total. The molecule has 0 spiro atoms. The van der Waals surface area contributed by atoms with Crippen LogP contribution in [0.1, 0.15) is 40.8 Å². The summed E-state index contributed by atoms with van der Waals surface area (Å²) in [6.45, 7) is 1.96. The van der Waals surface area contributed by atoms with Gasteiger partial charge < -0.3 is 14.4 Å². The molecule has 0 radical (unpaired) electrons. The van der Waals surface area contributed by atoms with E-state index in [0.717, 1.165) is 31.0 Å². The third-order valence-electron chi connectivity index (χ3n) is 4.36. The van der Waals surface area contributed by atoms with Crippen LogP contribution in [0.4, 0.5) is 0 Å². The lowest BCUT2D eigenvalue weighted by Crippen LogP contribution is -2.39. The maximum atomic E-state index is 12.7. The van der Waals surface area contributed by atoms with E-state index >= 15 is 0 Å². The van der Waals surface area contributed by atoms with Crippen molar-refractivity contribution in [1.82, 2.24) is 25.1 Å². The van der Waals surface area contributed by atoms with Crippen molar-refractivity contribution in [3.63, 3.8) is 0 Å².